The Bertz CT molecular complexity index is 54.8. The molecule has 1 fully saturated rings. The molecule has 0 aromatic heterocycles. The van der Waals surface area contributed by atoms with Gasteiger partial charge in [-0.2, -0.15) is 0 Å². The minimum Gasteiger partial charge on any atom is -0.340 e. The van der Waals surface area contributed by atoms with E-state index in [2.05, 4.69) is 4.84 Å². The summed E-state index contributed by atoms with van der Waals surface area (Å²) in [5.41, 5.74) is 0. The first-order valence-corrected chi connectivity index (χ1v) is 1.85. The zero-order valence-electron chi connectivity index (χ0n) is 3.55. The molecule has 0 amide bonds. The van der Waals surface area contributed by atoms with Crippen LogP contribution >= 0.6 is 0 Å². The fourth-order valence-corrected chi connectivity index (χ4v) is 0.309. The summed E-state index contributed by atoms with van der Waals surface area (Å²) in [5.74, 6) is 4.70. The molecule has 0 radical (unpaired) electrons. The van der Waals surface area contributed by atoms with E-state index in [4.69, 9.17) is 10.6 Å². The van der Waals surface area contributed by atoms with Gasteiger partial charge in [0.25, 0.3) is 0 Å². The number of hydrogen-bond acceptors (Lipinski definition) is 3. The van der Waals surface area contributed by atoms with Gasteiger partial charge in [0, 0.05) is 0 Å². The summed E-state index contributed by atoms with van der Waals surface area (Å²) in [6.45, 7) is 1.90. The van der Waals surface area contributed by atoms with Crippen molar-refractivity contribution in [2.24, 2.45) is 5.90 Å². The predicted molar refractivity (Wildman–Crippen MR) is 19.6 cm³/mol. The molecule has 1 heterocycles. The highest BCUT2D eigenvalue weighted by Gasteiger charge is 2.34. The second-order valence-corrected chi connectivity index (χ2v) is 1.35. The van der Waals surface area contributed by atoms with Gasteiger partial charge in [0.15, 0.2) is 0 Å². The SMILES string of the molecule is CC1OC1ON. The molecule has 0 aromatic carbocycles. The molecule has 1 saturated heterocycles. The van der Waals surface area contributed by atoms with Crippen LogP contribution in [-0.2, 0) is 9.57 Å². The van der Waals surface area contributed by atoms with Crippen LogP contribution in [0.1, 0.15) is 6.92 Å². The third kappa shape index (κ3) is 0.518. The second kappa shape index (κ2) is 1.18. The van der Waals surface area contributed by atoms with Gasteiger partial charge in [-0.3, -0.25) is 4.84 Å². The molecule has 0 aliphatic carbocycles. The van der Waals surface area contributed by atoms with E-state index >= 15 is 0 Å². The lowest BCUT2D eigenvalue weighted by Gasteiger charge is -1.78. The van der Waals surface area contributed by atoms with Gasteiger partial charge in [0.05, 0.1) is 0 Å². The summed E-state index contributed by atoms with van der Waals surface area (Å²) in [6.07, 6.45) is 0.0972. The van der Waals surface area contributed by atoms with Crippen LogP contribution < -0.4 is 5.90 Å². The Morgan fingerprint density at radius 3 is 2.33 bits per heavy atom. The van der Waals surface area contributed by atoms with Crippen LogP contribution in [0.15, 0.2) is 0 Å². The van der Waals surface area contributed by atoms with Gasteiger partial charge in [-0.1, -0.05) is 0 Å². The Kier molecular flexibility index (Phi) is 0.799. The van der Waals surface area contributed by atoms with E-state index in [1.807, 2.05) is 6.92 Å². The molecule has 2 N–H and O–H groups in total. The first kappa shape index (κ1) is 4.05. The van der Waals surface area contributed by atoms with Crippen molar-refractivity contribution in [3.05, 3.63) is 0 Å². The molecule has 2 unspecified atom stereocenters. The van der Waals surface area contributed by atoms with Crippen molar-refractivity contribution in [1.29, 1.82) is 0 Å². The fraction of sp³-hybridized carbons (Fsp3) is 1.00. The van der Waals surface area contributed by atoms with Gasteiger partial charge >= 0.3 is 0 Å². The second-order valence-electron chi connectivity index (χ2n) is 1.35. The molecule has 0 spiro atoms. The maximum absolute atomic E-state index is 4.72. The number of hydrogen-bond donors (Lipinski definition) is 1. The van der Waals surface area contributed by atoms with E-state index in [0.717, 1.165) is 0 Å². The highest BCUT2D eigenvalue weighted by atomic mass is 16.8. The molecule has 2 atom stereocenters. The van der Waals surface area contributed by atoms with E-state index in [-0.39, 0.29) is 12.4 Å². The first-order chi connectivity index (χ1) is 2.84. The Morgan fingerprint density at radius 1 is 1.83 bits per heavy atom. The summed E-state index contributed by atoms with van der Waals surface area (Å²) < 4.78 is 4.72. The summed E-state index contributed by atoms with van der Waals surface area (Å²) in [4.78, 5) is 4.25. The largest absolute Gasteiger partial charge is 0.340 e. The van der Waals surface area contributed by atoms with Gasteiger partial charge in [0.1, 0.15) is 6.10 Å². The molecule has 0 saturated carbocycles. The predicted octanol–water partition coefficient (Wildman–Crippen LogP) is -0.379. The lowest BCUT2D eigenvalue weighted by Crippen LogP contribution is -2.03. The van der Waals surface area contributed by atoms with Crippen molar-refractivity contribution in [2.45, 2.75) is 19.3 Å². The monoisotopic (exact) mass is 89.0 g/mol. The third-order valence-corrected chi connectivity index (χ3v) is 0.790. The van der Waals surface area contributed by atoms with Crippen LogP contribution in [-0.4, -0.2) is 12.4 Å². The van der Waals surface area contributed by atoms with Crippen molar-refractivity contribution in [3.63, 3.8) is 0 Å². The normalized spacial score (nSPS) is 43.0. The maximum atomic E-state index is 4.72. The summed E-state index contributed by atoms with van der Waals surface area (Å²) >= 11 is 0. The highest BCUT2D eigenvalue weighted by molar-refractivity contribution is 4.68. The lowest BCUT2D eigenvalue weighted by atomic mass is 10.5. The van der Waals surface area contributed by atoms with Crippen LogP contribution in [0.3, 0.4) is 0 Å². The van der Waals surface area contributed by atoms with E-state index in [1.54, 1.807) is 0 Å². The molecular formula is C3H7NO2. The van der Waals surface area contributed by atoms with E-state index < -0.39 is 0 Å². The Hall–Kier alpha value is -0.120. The Labute approximate surface area is 36.0 Å². The molecule has 0 bridgehead atoms. The lowest BCUT2D eigenvalue weighted by molar-refractivity contribution is 0.0503. The molecule has 1 aliphatic heterocycles. The fourth-order valence-electron chi connectivity index (χ4n) is 0.309. The first-order valence-electron chi connectivity index (χ1n) is 1.85. The van der Waals surface area contributed by atoms with Crippen LogP contribution in [0, 0.1) is 0 Å². The molecule has 36 valence electrons. The van der Waals surface area contributed by atoms with E-state index in [1.165, 1.54) is 0 Å². The quantitative estimate of drug-likeness (QED) is 0.352. The molecule has 0 aromatic rings. The molecule has 6 heavy (non-hydrogen) atoms. The summed E-state index contributed by atoms with van der Waals surface area (Å²) in [7, 11) is 0. The zero-order chi connectivity index (χ0) is 4.57. The van der Waals surface area contributed by atoms with Crippen molar-refractivity contribution < 1.29 is 9.57 Å². The number of nitrogens with two attached hydrogens (primary N) is 1. The zero-order valence-corrected chi connectivity index (χ0v) is 3.55. The van der Waals surface area contributed by atoms with Crippen molar-refractivity contribution in [3.8, 4) is 0 Å². The van der Waals surface area contributed by atoms with Gasteiger partial charge in [0.2, 0.25) is 6.29 Å². The van der Waals surface area contributed by atoms with Gasteiger partial charge in [-0.05, 0) is 6.92 Å². The number of rotatable bonds is 1. The smallest absolute Gasteiger partial charge is 0.203 e. The van der Waals surface area contributed by atoms with Gasteiger partial charge < -0.3 is 4.74 Å². The summed E-state index contributed by atoms with van der Waals surface area (Å²) in [5, 5.41) is 0. The van der Waals surface area contributed by atoms with E-state index in [0.29, 0.717) is 0 Å². The van der Waals surface area contributed by atoms with Crippen molar-refractivity contribution in [2.75, 3.05) is 0 Å². The van der Waals surface area contributed by atoms with Gasteiger partial charge in [-0.15, -0.1) is 0 Å². The van der Waals surface area contributed by atoms with Crippen LogP contribution in [0.25, 0.3) is 0 Å². The van der Waals surface area contributed by atoms with Crippen molar-refractivity contribution in [1.82, 2.24) is 0 Å². The summed E-state index contributed by atoms with van der Waals surface area (Å²) in [6, 6.07) is 0. The molecule has 1 rings (SSSR count). The van der Waals surface area contributed by atoms with Gasteiger partial charge in [-0.25, -0.2) is 5.90 Å². The molecular weight excluding hydrogens is 82.0 g/mol. The minimum absolute atomic E-state index is 0.120. The standard InChI is InChI=1S/C3H7NO2/c1-2-3(5-2)6-4/h2-3H,4H2,1H3. The topological polar surface area (TPSA) is 47.8 Å². The Balaban J connectivity index is 2.09. The molecule has 3 nitrogen and oxygen atoms in total. The third-order valence-electron chi connectivity index (χ3n) is 0.790. The minimum atomic E-state index is -0.120. The number of epoxide rings is 1. The Morgan fingerprint density at radius 2 is 2.33 bits per heavy atom. The molecule has 3 heteroatoms. The van der Waals surface area contributed by atoms with E-state index in [9.17, 15) is 0 Å². The highest BCUT2D eigenvalue weighted by Crippen LogP contribution is 2.19. The molecule has 1 aliphatic rings. The van der Waals surface area contributed by atoms with Crippen LogP contribution in [0.4, 0.5) is 0 Å². The number of ether oxygens (including phenoxy) is 1. The van der Waals surface area contributed by atoms with Crippen molar-refractivity contribution >= 4 is 0 Å². The van der Waals surface area contributed by atoms with Crippen LogP contribution in [0.2, 0.25) is 0 Å². The average Bonchev–Trinajstić information content (AvgIpc) is 2.19. The maximum Gasteiger partial charge on any atom is 0.203 e. The average molecular weight is 89.1 g/mol. The van der Waals surface area contributed by atoms with Crippen LogP contribution in [0.5, 0.6) is 0 Å².